The van der Waals surface area contributed by atoms with Crippen LogP contribution in [0.25, 0.3) is 0 Å². The highest BCUT2D eigenvalue weighted by molar-refractivity contribution is 6.00. The Labute approximate surface area is 123 Å². The number of carbonyl (C=O) groups is 1. The summed E-state index contributed by atoms with van der Waals surface area (Å²) in [5.74, 6) is 0.212. The van der Waals surface area contributed by atoms with Crippen molar-refractivity contribution < 1.29 is 9.90 Å². The molecule has 0 saturated carbocycles. The summed E-state index contributed by atoms with van der Waals surface area (Å²) < 4.78 is 0. The van der Waals surface area contributed by atoms with Gasteiger partial charge in [0.15, 0.2) is 5.78 Å². The van der Waals surface area contributed by atoms with E-state index in [1.807, 2.05) is 19.9 Å². The minimum atomic E-state index is 0.0774. The maximum Gasteiger partial charge on any atom is 0.166 e. The van der Waals surface area contributed by atoms with E-state index in [4.69, 9.17) is 0 Å². The number of Topliss-reactive ketones (excluding diaryl/α,β-unsaturated/α-hetero) is 1. The van der Waals surface area contributed by atoms with E-state index in [2.05, 4.69) is 6.92 Å². The second-order valence-electron chi connectivity index (χ2n) is 5.77. The maximum atomic E-state index is 12.2. The van der Waals surface area contributed by atoms with Gasteiger partial charge in [-0.3, -0.25) is 4.79 Å². The van der Waals surface area contributed by atoms with Crippen LogP contribution >= 0.6 is 0 Å². The molecule has 112 valence electrons. The van der Waals surface area contributed by atoms with Gasteiger partial charge in [0.1, 0.15) is 5.75 Å². The molecule has 0 bridgehead atoms. The van der Waals surface area contributed by atoms with Crippen molar-refractivity contribution in [1.29, 1.82) is 0 Å². The SMILES string of the molecule is CCCCCCCCCC(=O)c1c(C)cc(C)cc1O. The van der Waals surface area contributed by atoms with Gasteiger partial charge in [-0.05, 0) is 37.5 Å². The molecule has 0 unspecified atom stereocenters. The second-order valence-corrected chi connectivity index (χ2v) is 5.77. The quantitative estimate of drug-likeness (QED) is 0.488. The molecule has 0 saturated heterocycles. The molecule has 0 fully saturated rings. The predicted molar refractivity (Wildman–Crippen MR) is 84.5 cm³/mol. The molecule has 0 radical (unpaired) electrons. The van der Waals surface area contributed by atoms with Gasteiger partial charge in [-0.15, -0.1) is 0 Å². The lowest BCUT2D eigenvalue weighted by atomic mass is 9.97. The molecule has 0 aliphatic carbocycles. The summed E-state index contributed by atoms with van der Waals surface area (Å²) in [6.07, 6.45) is 8.97. The number of aryl methyl sites for hydroxylation is 2. The van der Waals surface area contributed by atoms with Gasteiger partial charge in [-0.2, -0.15) is 0 Å². The number of hydrogen-bond acceptors (Lipinski definition) is 2. The summed E-state index contributed by atoms with van der Waals surface area (Å²) in [5.41, 5.74) is 2.39. The number of unbranched alkanes of at least 4 members (excludes halogenated alkanes) is 6. The number of phenolic OH excluding ortho intramolecular Hbond substituents is 1. The molecule has 1 N–H and O–H groups in total. The maximum absolute atomic E-state index is 12.2. The van der Waals surface area contributed by atoms with E-state index in [9.17, 15) is 9.90 Å². The van der Waals surface area contributed by atoms with Crippen molar-refractivity contribution in [2.24, 2.45) is 0 Å². The van der Waals surface area contributed by atoms with Crippen molar-refractivity contribution in [3.05, 3.63) is 28.8 Å². The molecule has 0 aliphatic rings. The van der Waals surface area contributed by atoms with Crippen LogP contribution < -0.4 is 0 Å². The highest BCUT2D eigenvalue weighted by atomic mass is 16.3. The zero-order valence-corrected chi connectivity index (χ0v) is 13.2. The van der Waals surface area contributed by atoms with Crippen molar-refractivity contribution in [1.82, 2.24) is 0 Å². The lowest BCUT2D eigenvalue weighted by Gasteiger charge is -2.09. The van der Waals surface area contributed by atoms with Gasteiger partial charge >= 0.3 is 0 Å². The number of phenols is 1. The van der Waals surface area contributed by atoms with E-state index < -0.39 is 0 Å². The first-order chi connectivity index (χ1) is 9.56. The highest BCUT2D eigenvalue weighted by Crippen LogP contribution is 2.25. The standard InChI is InChI=1S/C18H28O2/c1-4-5-6-7-8-9-10-11-16(19)18-15(3)12-14(2)13-17(18)20/h12-13,20H,4-11H2,1-3H3. The molecule has 0 aliphatic heterocycles. The van der Waals surface area contributed by atoms with Gasteiger partial charge in [0, 0.05) is 6.42 Å². The molecule has 0 amide bonds. The van der Waals surface area contributed by atoms with E-state index in [0.29, 0.717) is 12.0 Å². The molecule has 1 rings (SSSR count). The van der Waals surface area contributed by atoms with Crippen molar-refractivity contribution in [2.45, 2.75) is 72.1 Å². The van der Waals surface area contributed by atoms with Crippen LogP contribution in [0.2, 0.25) is 0 Å². The lowest BCUT2D eigenvalue weighted by Crippen LogP contribution is -2.03. The van der Waals surface area contributed by atoms with Crippen molar-refractivity contribution in [2.75, 3.05) is 0 Å². The topological polar surface area (TPSA) is 37.3 Å². The molecule has 2 nitrogen and oxygen atoms in total. The largest absolute Gasteiger partial charge is 0.507 e. The minimum Gasteiger partial charge on any atom is -0.507 e. The van der Waals surface area contributed by atoms with Crippen LogP contribution in [0.5, 0.6) is 5.75 Å². The number of aromatic hydroxyl groups is 1. The Bertz CT molecular complexity index is 412. The number of hydrogen-bond donors (Lipinski definition) is 1. The van der Waals surface area contributed by atoms with Crippen LogP contribution in [0.1, 0.15) is 79.8 Å². The fourth-order valence-electron chi connectivity index (χ4n) is 2.68. The normalized spacial score (nSPS) is 10.8. The van der Waals surface area contributed by atoms with Crippen molar-refractivity contribution in [3.63, 3.8) is 0 Å². The molecular formula is C18H28O2. The van der Waals surface area contributed by atoms with Gasteiger partial charge in [0.2, 0.25) is 0 Å². The average molecular weight is 276 g/mol. The molecule has 0 spiro atoms. The minimum absolute atomic E-state index is 0.0774. The smallest absolute Gasteiger partial charge is 0.166 e. The Balaban J connectivity index is 2.37. The third-order valence-electron chi connectivity index (χ3n) is 3.75. The molecule has 0 aromatic heterocycles. The molecule has 1 aromatic rings. The van der Waals surface area contributed by atoms with Gasteiger partial charge in [0.05, 0.1) is 5.56 Å². The Morgan fingerprint density at radius 3 is 2.20 bits per heavy atom. The van der Waals surface area contributed by atoms with Crippen LogP contribution in [0, 0.1) is 13.8 Å². The first kappa shape index (κ1) is 16.7. The monoisotopic (exact) mass is 276 g/mol. The van der Waals surface area contributed by atoms with Gasteiger partial charge < -0.3 is 5.11 Å². The fourth-order valence-corrected chi connectivity index (χ4v) is 2.68. The van der Waals surface area contributed by atoms with E-state index in [-0.39, 0.29) is 11.5 Å². The van der Waals surface area contributed by atoms with Gasteiger partial charge in [-0.1, -0.05) is 51.5 Å². The van der Waals surface area contributed by atoms with Crippen LogP contribution in [0.15, 0.2) is 12.1 Å². The third-order valence-corrected chi connectivity index (χ3v) is 3.75. The Hall–Kier alpha value is -1.31. The number of rotatable bonds is 9. The van der Waals surface area contributed by atoms with Gasteiger partial charge in [0.25, 0.3) is 0 Å². The van der Waals surface area contributed by atoms with E-state index >= 15 is 0 Å². The summed E-state index contributed by atoms with van der Waals surface area (Å²) in [7, 11) is 0. The third kappa shape index (κ3) is 5.36. The number of carbonyl (C=O) groups excluding carboxylic acids is 1. The molecular weight excluding hydrogens is 248 g/mol. The summed E-state index contributed by atoms with van der Waals surface area (Å²) >= 11 is 0. The lowest BCUT2D eigenvalue weighted by molar-refractivity contribution is 0.0976. The van der Waals surface area contributed by atoms with E-state index in [1.165, 1.54) is 32.1 Å². The predicted octanol–water partition coefficient (Wildman–Crippen LogP) is 5.33. The molecule has 0 atom stereocenters. The first-order valence-electron chi connectivity index (χ1n) is 7.89. The Morgan fingerprint density at radius 1 is 1.00 bits per heavy atom. The highest BCUT2D eigenvalue weighted by Gasteiger charge is 2.14. The summed E-state index contributed by atoms with van der Waals surface area (Å²) in [6, 6.07) is 3.63. The van der Waals surface area contributed by atoms with Crippen LogP contribution in [-0.4, -0.2) is 10.9 Å². The van der Waals surface area contributed by atoms with Crippen molar-refractivity contribution in [3.8, 4) is 5.75 Å². The zero-order valence-electron chi connectivity index (χ0n) is 13.2. The Kier molecular flexibility index (Phi) is 7.35. The van der Waals surface area contributed by atoms with Crippen molar-refractivity contribution >= 4 is 5.78 Å². The Morgan fingerprint density at radius 2 is 1.60 bits per heavy atom. The zero-order chi connectivity index (χ0) is 15.0. The molecule has 1 aromatic carbocycles. The number of benzene rings is 1. The molecule has 0 heterocycles. The average Bonchev–Trinajstić information content (AvgIpc) is 2.36. The van der Waals surface area contributed by atoms with E-state index in [1.54, 1.807) is 6.07 Å². The fraction of sp³-hybridized carbons (Fsp3) is 0.611. The van der Waals surface area contributed by atoms with Crippen LogP contribution in [-0.2, 0) is 0 Å². The second kappa shape index (κ2) is 8.78. The van der Waals surface area contributed by atoms with E-state index in [0.717, 1.165) is 24.0 Å². The summed E-state index contributed by atoms with van der Waals surface area (Å²) in [5, 5.41) is 9.92. The van der Waals surface area contributed by atoms with Gasteiger partial charge in [-0.25, -0.2) is 0 Å². The molecule has 20 heavy (non-hydrogen) atoms. The number of ketones is 1. The van der Waals surface area contributed by atoms with Crippen LogP contribution in [0.4, 0.5) is 0 Å². The molecule has 2 heteroatoms. The van der Waals surface area contributed by atoms with Crippen LogP contribution in [0.3, 0.4) is 0 Å². The first-order valence-corrected chi connectivity index (χ1v) is 7.89. The summed E-state index contributed by atoms with van der Waals surface area (Å²) in [4.78, 5) is 12.2. The summed E-state index contributed by atoms with van der Waals surface area (Å²) in [6.45, 7) is 6.04.